The molecule has 0 radical (unpaired) electrons. The zero-order valence-electron chi connectivity index (χ0n) is 21.7. The predicted octanol–water partition coefficient (Wildman–Crippen LogP) is 8.06. The fraction of sp³-hybridized carbons (Fsp3) is 0.893. The summed E-state index contributed by atoms with van der Waals surface area (Å²) in [7, 11) is 0. The second kappa shape index (κ2) is 26.0. The van der Waals surface area contributed by atoms with E-state index >= 15 is 0 Å². The molecule has 0 aliphatic heterocycles. The zero-order chi connectivity index (χ0) is 25.1. The molecule has 6 nitrogen and oxygen atoms in total. The minimum Gasteiger partial charge on any atom is -0.481 e. The van der Waals surface area contributed by atoms with Crippen LogP contribution in [0.2, 0.25) is 0 Å². The number of esters is 1. The summed E-state index contributed by atoms with van der Waals surface area (Å²) < 4.78 is 5.31. The van der Waals surface area contributed by atoms with E-state index in [0.29, 0.717) is 19.4 Å². The van der Waals surface area contributed by atoms with Gasteiger partial charge >= 0.3 is 17.9 Å². The number of carboxylic acids is 2. The van der Waals surface area contributed by atoms with Crippen LogP contribution in [0.25, 0.3) is 0 Å². The van der Waals surface area contributed by atoms with Crippen LogP contribution in [0.5, 0.6) is 0 Å². The number of rotatable bonds is 27. The lowest BCUT2D eigenvalue weighted by Crippen LogP contribution is -2.05. The van der Waals surface area contributed by atoms with Crippen LogP contribution < -0.4 is 0 Å². The SMILES string of the molecule is O=C(O)CCCCCCCCCCCCCCCCCOC(=O)CCCCCCCCC(=O)O. The molecule has 0 unspecified atom stereocenters. The van der Waals surface area contributed by atoms with E-state index in [1.165, 1.54) is 70.6 Å². The quantitative estimate of drug-likeness (QED) is 0.0903. The van der Waals surface area contributed by atoms with Crippen LogP contribution in [-0.2, 0) is 19.1 Å². The topological polar surface area (TPSA) is 101 Å². The van der Waals surface area contributed by atoms with Gasteiger partial charge in [0.1, 0.15) is 0 Å². The van der Waals surface area contributed by atoms with Gasteiger partial charge in [-0.3, -0.25) is 14.4 Å². The Labute approximate surface area is 208 Å². The van der Waals surface area contributed by atoms with Gasteiger partial charge in [-0.15, -0.1) is 0 Å². The van der Waals surface area contributed by atoms with E-state index in [1.54, 1.807) is 0 Å². The van der Waals surface area contributed by atoms with Crippen molar-refractivity contribution >= 4 is 17.9 Å². The molecule has 0 bridgehead atoms. The monoisotopic (exact) mass is 484 g/mol. The lowest BCUT2D eigenvalue weighted by Gasteiger charge is -2.06. The Morgan fingerprint density at radius 2 is 0.647 bits per heavy atom. The molecule has 0 amide bonds. The van der Waals surface area contributed by atoms with Gasteiger partial charge in [0.05, 0.1) is 6.61 Å². The van der Waals surface area contributed by atoms with Crippen LogP contribution in [0.15, 0.2) is 0 Å². The summed E-state index contributed by atoms with van der Waals surface area (Å²) in [5, 5.41) is 17.2. The first-order chi connectivity index (χ1) is 16.5. The lowest BCUT2D eigenvalue weighted by atomic mass is 10.0. The third-order valence-corrected chi connectivity index (χ3v) is 6.32. The number of aliphatic carboxylic acids is 2. The average molecular weight is 485 g/mol. The maximum atomic E-state index is 11.7. The van der Waals surface area contributed by atoms with Crippen molar-refractivity contribution in [1.29, 1.82) is 0 Å². The molecular weight excluding hydrogens is 432 g/mol. The molecule has 0 aromatic heterocycles. The van der Waals surface area contributed by atoms with Gasteiger partial charge in [0.15, 0.2) is 0 Å². The van der Waals surface area contributed by atoms with Crippen molar-refractivity contribution in [2.45, 2.75) is 154 Å². The van der Waals surface area contributed by atoms with Gasteiger partial charge in [-0.25, -0.2) is 0 Å². The minimum absolute atomic E-state index is 0.0796. The Kier molecular flexibility index (Phi) is 24.8. The van der Waals surface area contributed by atoms with Gasteiger partial charge in [-0.05, 0) is 25.7 Å². The van der Waals surface area contributed by atoms with E-state index in [-0.39, 0.29) is 12.4 Å². The van der Waals surface area contributed by atoms with Gasteiger partial charge in [0, 0.05) is 19.3 Å². The summed E-state index contributed by atoms with van der Waals surface area (Å²) >= 11 is 0. The third-order valence-electron chi connectivity index (χ3n) is 6.32. The smallest absolute Gasteiger partial charge is 0.305 e. The Balaban J connectivity index is 3.15. The molecule has 0 aliphatic rings. The van der Waals surface area contributed by atoms with Crippen LogP contribution in [0.1, 0.15) is 154 Å². The summed E-state index contributed by atoms with van der Waals surface area (Å²) in [5.41, 5.74) is 0. The van der Waals surface area contributed by atoms with Crippen molar-refractivity contribution in [2.24, 2.45) is 0 Å². The van der Waals surface area contributed by atoms with Crippen molar-refractivity contribution < 1.29 is 29.3 Å². The number of hydrogen-bond acceptors (Lipinski definition) is 4. The highest BCUT2D eigenvalue weighted by Gasteiger charge is 2.03. The molecule has 200 valence electrons. The van der Waals surface area contributed by atoms with Crippen LogP contribution in [0.3, 0.4) is 0 Å². The molecule has 0 atom stereocenters. The molecule has 0 spiro atoms. The first-order valence-electron chi connectivity index (χ1n) is 14.1. The Hall–Kier alpha value is -1.59. The van der Waals surface area contributed by atoms with Crippen molar-refractivity contribution in [3.8, 4) is 0 Å². The van der Waals surface area contributed by atoms with Gasteiger partial charge in [0.25, 0.3) is 0 Å². The van der Waals surface area contributed by atoms with E-state index < -0.39 is 11.9 Å². The molecule has 0 heterocycles. The van der Waals surface area contributed by atoms with E-state index in [0.717, 1.165) is 64.2 Å². The van der Waals surface area contributed by atoms with Crippen LogP contribution in [-0.4, -0.2) is 34.7 Å². The number of carboxylic acid groups (broad SMARTS) is 2. The highest BCUT2D eigenvalue weighted by Crippen LogP contribution is 2.14. The molecular formula is C28H52O6. The normalized spacial score (nSPS) is 10.9. The molecule has 0 fully saturated rings. The van der Waals surface area contributed by atoms with Gasteiger partial charge in [0.2, 0.25) is 0 Å². The number of hydrogen-bond donors (Lipinski definition) is 2. The maximum absolute atomic E-state index is 11.7. The maximum Gasteiger partial charge on any atom is 0.305 e. The summed E-state index contributed by atoms with van der Waals surface area (Å²) in [6, 6.07) is 0. The van der Waals surface area contributed by atoms with E-state index in [1.807, 2.05) is 0 Å². The van der Waals surface area contributed by atoms with Crippen molar-refractivity contribution in [2.75, 3.05) is 6.61 Å². The minimum atomic E-state index is -0.721. The first-order valence-corrected chi connectivity index (χ1v) is 14.1. The largest absolute Gasteiger partial charge is 0.481 e. The van der Waals surface area contributed by atoms with Gasteiger partial charge in [-0.1, -0.05) is 109 Å². The first kappa shape index (κ1) is 32.4. The van der Waals surface area contributed by atoms with E-state index in [9.17, 15) is 14.4 Å². The van der Waals surface area contributed by atoms with Crippen LogP contribution >= 0.6 is 0 Å². The summed E-state index contributed by atoms with van der Waals surface area (Å²) in [4.78, 5) is 32.6. The number of carbonyl (C=O) groups excluding carboxylic acids is 1. The summed E-state index contributed by atoms with van der Waals surface area (Å²) in [6.07, 6.45) is 24.9. The Bertz CT molecular complexity index is 491. The molecule has 0 aromatic rings. The lowest BCUT2D eigenvalue weighted by molar-refractivity contribution is -0.144. The molecule has 6 heteroatoms. The molecule has 2 N–H and O–H groups in total. The predicted molar refractivity (Wildman–Crippen MR) is 137 cm³/mol. The van der Waals surface area contributed by atoms with Gasteiger partial charge < -0.3 is 14.9 Å². The average Bonchev–Trinajstić information content (AvgIpc) is 2.79. The van der Waals surface area contributed by atoms with Crippen molar-refractivity contribution in [1.82, 2.24) is 0 Å². The molecule has 0 aromatic carbocycles. The fourth-order valence-corrected chi connectivity index (χ4v) is 4.19. The number of unbranched alkanes of at least 4 members (excludes halogenated alkanes) is 19. The number of ether oxygens (including phenoxy) is 1. The second-order valence-electron chi connectivity index (χ2n) is 9.68. The van der Waals surface area contributed by atoms with Crippen LogP contribution in [0.4, 0.5) is 0 Å². The molecule has 34 heavy (non-hydrogen) atoms. The van der Waals surface area contributed by atoms with E-state index in [2.05, 4.69) is 0 Å². The highest BCUT2D eigenvalue weighted by atomic mass is 16.5. The van der Waals surface area contributed by atoms with E-state index in [4.69, 9.17) is 14.9 Å². The molecule has 0 rings (SSSR count). The third kappa shape index (κ3) is 28.4. The fourth-order valence-electron chi connectivity index (χ4n) is 4.19. The summed E-state index contributed by atoms with van der Waals surface area (Å²) in [6.45, 7) is 0.549. The Morgan fingerprint density at radius 3 is 0.971 bits per heavy atom. The van der Waals surface area contributed by atoms with Crippen molar-refractivity contribution in [3.63, 3.8) is 0 Å². The molecule has 0 saturated heterocycles. The van der Waals surface area contributed by atoms with Crippen LogP contribution in [0, 0.1) is 0 Å². The van der Waals surface area contributed by atoms with Crippen molar-refractivity contribution in [3.05, 3.63) is 0 Å². The Morgan fingerprint density at radius 1 is 0.382 bits per heavy atom. The second-order valence-corrected chi connectivity index (χ2v) is 9.68. The van der Waals surface area contributed by atoms with Gasteiger partial charge in [-0.2, -0.15) is 0 Å². The highest BCUT2D eigenvalue weighted by molar-refractivity contribution is 5.69. The standard InChI is InChI=1S/C28H52O6/c29-26(30)22-18-14-10-8-6-4-2-1-3-5-7-9-13-17-21-25-34-28(33)24-20-16-12-11-15-19-23-27(31)32/h1-25H2,(H,29,30)(H,31,32). The molecule has 0 aliphatic carbocycles. The molecule has 0 saturated carbocycles. The number of carbonyl (C=O) groups is 3. The zero-order valence-corrected chi connectivity index (χ0v) is 21.7. The summed E-state index contributed by atoms with van der Waals surface area (Å²) in [5.74, 6) is -1.48.